The zero-order chi connectivity index (χ0) is 14.4. The fourth-order valence-electron chi connectivity index (χ4n) is 2.90. The molecule has 0 amide bonds. The first-order valence-electron chi connectivity index (χ1n) is 7.07. The standard InChI is InChI=1S/C17H16N4/c1-11-7-12(2)19-17(8-11)21-10-14-13-5-3-4-6-15(13)18-9-16(14)20-21/h3-9,20H,10H2,1-2H3. The lowest BCUT2D eigenvalue weighted by atomic mass is 10.1. The smallest absolute Gasteiger partial charge is 0.147 e. The number of hydrogen-bond donors (Lipinski definition) is 1. The van der Waals surface area contributed by atoms with Gasteiger partial charge in [0.05, 0.1) is 23.9 Å². The molecule has 104 valence electrons. The molecule has 2 aromatic heterocycles. The number of benzene rings is 1. The van der Waals surface area contributed by atoms with Crippen molar-refractivity contribution in [2.24, 2.45) is 0 Å². The van der Waals surface area contributed by atoms with Crippen LogP contribution in [0.2, 0.25) is 0 Å². The number of nitrogens with zero attached hydrogens (tertiary/aromatic N) is 3. The van der Waals surface area contributed by atoms with Crippen LogP contribution in [0.1, 0.15) is 16.8 Å². The van der Waals surface area contributed by atoms with Gasteiger partial charge in [-0.25, -0.2) is 4.98 Å². The second-order valence-electron chi connectivity index (χ2n) is 5.51. The molecular weight excluding hydrogens is 260 g/mol. The van der Waals surface area contributed by atoms with Crippen molar-refractivity contribution in [2.45, 2.75) is 20.4 Å². The highest BCUT2D eigenvalue weighted by atomic mass is 15.5. The molecule has 0 saturated heterocycles. The van der Waals surface area contributed by atoms with E-state index in [0.717, 1.165) is 29.3 Å². The molecule has 0 radical (unpaired) electrons. The first-order valence-corrected chi connectivity index (χ1v) is 7.07. The van der Waals surface area contributed by atoms with Gasteiger partial charge in [0, 0.05) is 16.6 Å². The van der Waals surface area contributed by atoms with Crippen LogP contribution in [0.15, 0.2) is 42.6 Å². The first kappa shape index (κ1) is 12.1. The third-order valence-corrected chi connectivity index (χ3v) is 3.82. The molecule has 1 aliphatic rings. The molecule has 3 aromatic rings. The summed E-state index contributed by atoms with van der Waals surface area (Å²) in [6, 6.07) is 12.4. The highest BCUT2D eigenvalue weighted by Crippen LogP contribution is 2.33. The van der Waals surface area contributed by atoms with Gasteiger partial charge in [0.25, 0.3) is 0 Å². The van der Waals surface area contributed by atoms with Crippen molar-refractivity contribution < 1.29 is 0 Å². The third-order valence-electron chi connectivity index (χ3n) is 3.82. The topological polar surface area (TPSA) is 41.1 Å². The summed E-state index contributed by atoms with van der Waals surface area (Å²) in [5.74, 6) is 0.952. The molecule has 4 rings (SSSR count). The number of aromatic nitrogens is 2. The lowest BCUT2D eigenvalue weighted by molar-refractivity contribution is 0.931. The van der Waals surface area contributed by atoms with Crippen LogP contribution in [0.3, 0.4) is 0 Å². The molecule has 4 nitrogen and oxygen atoms in total. The third kappa shape index (κ3) is 2.00. The second kappa shape index (κ2) is 4.45. The van der Waals surface area contributed by atoms with Gasteiger partial charge in [-0.15, -0.1) is 0 Å². The van der Waals surface area contributed by atoms with Crippen LogP contribution < -0.4 is 10.4 Å². The van der Waals surface area contributed by atoms with Gasteiger partial charge >= 0.3 is 0 Å². The maximum Gasteiger partial charge on any atom is 0.147 e. The molecule has 3 heterocycles. The summed E-state index contributed by atoms with van der Waals surface area (Å²) in [6.07, 6.45) is 1.90. The maximum atomic E-state index is 4.62. The minimum Gasteiger partial charge on any atom is -0.295 e. The van der Waals surface area contributed by atoms with Gasteiger partial charge < -0.3 is 0 Å². The quantitative estimate of drug-likeness (QED) is 0.737. The van der Waals surface area contributed by atoms with E-state index in [2.05, 4.69) is 51.6 Å². The number of fused-ring (bicyclic) bond motifs is 3. The van der Waals surface area contributed by atoms with Crippen molar-refractivity contribution in [1.29, 1.82) is 0 Å². The van der Waals surface area contributed by atoms with Crippen molar-refractivity contribution in [2.75, 3.05) is 10.4 Å². The number of rotatable bonds is 1. The monoisotopic (exact) mass is 276 g/mol. The van der Waals surface area contributed by atoms with Crippen LogP contribution in [0.5, 0.6) is 0 Å². The highest BCUT2D eigenvalue weighted by Gasteiger charge is 2.22. The van der Waals surface area contributed by atoms with Crippen molar-refractivity contribution >= 4 is 22.4 Å². The fraction of sp³-hybridized carbons (Fsp3) is 0.176. The van der Waals surface area contributed by atoms with Crippen LogP contribution in [0.4, 0.5) is 11.5 Å². The number of hydrazine groups is 1. The molecule has 0 bridgehead atoms. The van der Waals surface area contributed by atoms with E-state index < -0.39 is 0 Å². The van der Waals surface area contributed by atoms with E-state index in [1.54, 1.807) is 0 Å². The SMILES string of the molecule is Cc1cc(C)nc(N2Cc3c(cnc4ccccc34)N2)c1. The predicted molar refractivity (Wildman–Crippen MR) is 85.3 cm³/mol. The number of para-hydroxylation sites is 1. The molecule has 4 heteroatoms. The fourth-order valence-corrected chi connectivity index (χ4v) is 2.90. The molecule has 21 heavy (non-hydrogen) atoms. The summed E-state index contributed by atoms with van der Waals surface area (Å²) in [5.41, 5.74) is 9.04. The highest BCUT2D eigenvalue weighted by molar-refractivity contribution is 5.88. The van der Waals surface area contributed by atoms with E-state index in [-0.39, 0.29) is 0 Å². The van der Waals surface area contributed by atoms with E-state index in [1.165, 1.54) is 16.5 Å². The molecule has 0 aliphatic carbocycles. The summed E-state index contributed by atoms with van der Waals surface area (Å²) in [4.78, 5) is 9.13. The van der Waals surface area contributed by atoms with Crippen LogP contribution >= 0.6 is 0 Å². The van der Waals surface area contributed by atoms with Gasteiger partial charge in [0.1, 0.15) is 5.82 Å². The molecule has 0 spiro atoms. The average Bonchev–Trinajstić information content (AvgIpc) is 2.91. The Hall–Kier alpha value is -2.62. The zero-order valence-corrected chi connectivity index (χ0v) is 12.1. The van der Waals surface area contributed by atoms with Crippen molar-refractivity contribution in [3.05, 3.63) is 59.4 Å². The minimum absolute atomic E-state index is 0.800. The Kier molecular flexibility index (Phi) is 2.57. The van der Waals surface area contributed by atoms with Gasteiger partial charge in [0.2, 0.25) is 0 Å². The van der Waals surface area contributed by atoms with Crippen LogP contribution in [0.25, 0.3) is 10.9 Å². The lowest BCUT2D eigenvalue weighted by Crippen LogP contribution is -2.23. The Balaban J connectivity index is 1.78. The summed E-state index contributed by atoms with van der Waals surface area (Å²) in [5, 5.41) is 3.29. The summed E-state index contributed by atoms with van der Waals surface area (Å²) >= 11 is 0. The van der Waals surface area contributed by atoms with Gasteiger partial charge in [-0.3, -0.25) is 15.4 Å². The second-order valence-corrected chi connectivity index (χ2v) is 5.51. The van der Waals surface area contributed by atoms with Crippen LogP contribution in [-0.2, 0) is 6.54 Å². The van der Waals surface area contributed by atoms with E-state index >= 15 is 0 Å². The van der Waals surface area contributed by atoms with Gasteiger partial charge in [-0.2, -0.15) is 0 Å². The van der Waals surface area contributed by atoms with Crippen LogP contribution in [0, 0.1) is 13.8 Å². The molecule has 1 N–H and O–H groups in total. The molecule has 0 unspecified atom stereocenters. The minimum atomic E-state index is 0.800. The Morgan fingerprint density at radius 3 is 2.86 bits per heavy atom. The average molecular weight is 276 g/mol. The molecule has 0 atom stereocenters. The number of nitrogens with one attached hydrogen (secondary N) is 1. The molecule has 0 saturated carbocycles. The van der Waals surface area contributed by atoms with Crippen molar-refractivity contribution in [3.63, 3.8) is 0 Å². The lowest BCUT2D eigenvalue weighted by Gasteiger charge is -2.18. The number of aryl methyl sites for hydroxylation is 2. The van der Waals surface area contributed by atoms with Gasteiger partial charge in [0.15, 0.2) is 0 Å². The number of pyridine rings is 2. The Morgan fingerprint density at radius 2 is 2.00 bits per heavy atom. The molecule has 1 aliphatic heterocycles. The van der Waals surface area contributed by atoms with E-state index in [9.17, 15) is 0 Å². The maximum absolute atomic E-state index is 4.62. The van der Waals surface area contributed by atoms with Crippen molar-refractivity contribution in [1.82, 2.24) is 9.97 Å². The Labute approximate surface area is 123 Å². The molecular formula is C17H16N4. The van der Waals surface area contributed by atoms with Crippen molar-refractivity contribution in [3.8, 4) is 0 Å². The summed E-state index contributed by atoms with van der Waals surface area (Å²) < 4.78 is 0. The van der Waals surface area contributed by atoms with E-state index in [4.69, 9.17) is 0 Å². The van der Waals surface area contributed by atoms with E-state index in [1.807, 2.05) is 25.3 Å². The summed E-state index contributed by atoms with van der Waals surface area (Å²) in [6.45, 7) is 4.92. The number of hydrogen-bond acceptors (Lipinski definition) is 4. The normalized spacial score (nSPS) is 13.3. The Bertz CT molecular complexity index is 821. The molecule has 1 aromatic carbocycles. The Morgan fingerprint density at radius 1 is 1.14 bits per heavy atom. The zero-order valence-electron chi connectivity index (χ0n) is 12.1. The first-order chi connectivity index (χ1) is 10.2. The van der Waals surface area contributed by atoms with Gasteiger partial charge in [-0.1, -0.05) is 18.2 Å². The summed E-state index contributed by atoms with van der Waals surface area (Å²) in [7, 11) is 0. The molecule has 0 fully saturated rings. The van der Waals surface area contributed by atoms with Crippen LogP contribution in [-0.4, -0.2) is 9.97 Å². The van der Waals surface area contributed by atoms with E-state index in [0.29, 0.717) is 0 Å². The van der Waals surface area contributed by atoms with Gasteiger partial charge in [-0.05, 0) is 37.6 Å². The number of anilines is 2. The largest absolute Gasteiger partial charge is 0.295 e. The predicted octanol–water partition coefficient (Wildman–Crippen LogP) is 3.59.